The van der Waals surface area contributed by atoms with Gasteiger partial charge in [0.05, 0.1) is 18.7 Å². The minimum atomic E-state index is -0.320. The molecule has 1 aliphatic heterocycles. The first-order valence-corrected chi connectivity index (χ1v) is 9.47. The number of halogens is 1. The van der Waals surface area contributed by atoms with Gasteiger partial charge in [0.2, 0.25) is 5.91 Å². The molecule has 1 aliphatic rings. The molecular formula is C20H22FN5O2. The van der Waals surface area contributed by atoms with Gasteiger partial charge in [-0.1, -0.05) is 18.0 Å². The van der Waals surface area contributed by atoms with E-state index in [-0.39, 0.29) is 17.8 Å². The van der Waals surface area contributed by atoms with Gasteiger partial charge in [-0.25, -0.2) is 4.39 Å². The van der Waals surface area contributed by atoms with Crippen molar-refractivity contribution < 1.29 is 13.7 Å². The summed E-state index contributed by atoms with van der Waals surface area (Å²) in [6, 6.07) is 5.70. The maximum Gasteiger partial charge on any atom is 0.258 e. The fraction of sp³-hybridized carbons (Fsp3) is 0.400. The van der Waals surface area contributed by atoms with Gasteiger partial charge in [0.15, 0.2) is 5.82 Å². The quantitative estimate of drug-likeness (QED) is 0.691. The summed E-state index contributed by atoms with van der Waals surface area (Å²) in [6.45, 7) is 0.671. The molecule has 7 nitrogen and oxygen atoms in total. The number of carbonyl (C=O) groups excluding carboxylic acids is 1. The molecule has 0 saturated carbocycles. The molecular weight excluding hydrogens is 361 g/mol. The van der Waals surface area contributed by atoms with E-state index in [1.165, 1.54) is 12.1 Å². The van der Waals surface area contributed by atoms with Crippen molar-refractivity contribution in [2.75, 3.05) is 6.54 Å². The van der Waals surface area contributed by atoms with E-state index in [0.29, 0.717) is 30.2 Å². The average Bonchev–Trinajstić information content (AvgIpc) is 3.25. The molecule has 28 heavy (non-hydrogen) atoms. The third-order valence-electron chi connectivity index (χ3n) is 5.02. The highest BCUT2D eigenvalue weighted by Gasteiger charge is 2.30. The van der Waals surface area contributed by atoms with E-state index >= 15 is 0 Å². The van der Waals surface area contributed by atoms with Crippen LogP contribution in [-0.4, -0.2) is 37.3 Å². The number of likely N-dealkylation sites (tertiary alicyclic amines) is 1. The predicted octanol–water partition coefficient (Wildman–Crippen LogP) is 3.30. The van der Waals surface area contributed by atoms with Crippen LogP contribution in [0.4, 0.5) is 4.39 Å². The Hall–Kier alpha value is -3.03. The number of hydrogen-bond donors (Lipinski definition) is 0. The highest BCUT2D eigenvalue weighted by Crippen LogP contribution is 2.30. The highest BCUT2D eigenvalue weighted by molar-refractivity contribution is 5.79. The zero-order valence-electron chi connectivity index (χ0n) is 15.7. The number of aryl methyl sites for hydroxylation is 1. The van der Waals surface area contributed by atoms with Crippen molar-refractivity contribution in [2.24, 2.45) is 7.05 Å². The summed E-state index contributed by atoms with van der Waals surface area (Å²) in [4.78, 5) is 19.4. The van der Waals surface area contributed by atoms with Crippen molar-refractivity contribution in [2.45, 2.75) is 38.1 Å². The number of amides is 1. The van der Waals surface area contributed by atoms with Crippen LogP contribution in [0.15, 0.2) is 41.2 Å². The van der Waals surface area contributed by atoms with Gasteiger partial charge in [-0.3, -0.25) is 9.48 Å². The summed E-state index contributed by atoms with van der Waals surface area (Å²) < 4.78 is 20.2. The Labute approximate surface area is 162 Å². The van der Waals surface area contributed by atoms with Crippen molar-refractivity contribution in [3.63, 3.8) is 0 Å². The van der Waals surface area contributed by atoms with Crippen LogP contribution in [0, 0.1) is 5.82 Å². The molecule has 4 rings (SSSR count). The third-order valence-corrected chi connectivity index (χ3v) is 5.02. The Morgan fingerprint density at radius 3 is 2.82 bits per heavy atom. The van der Waals surface area contributed by atoms with Crippen LogP contribution in [0.1, 0.15) is 43.1 Å². The van der Waals surface area contributed by atoms with Gasteiger partial charge < -0.3 is 9.42 Å². The van der Waals surface area contributed by atoms with Crippen LogP contribution < -0.4 is 0 Å². The number of carbonyl (C=O) groups is 1. The molecule has 1 atom stereocenters. The summed E-state index contributed by atoms with van der Waals surface area (Å²) in [5.41, 5.74) is 1.54. The number of benzene rings is 1. The van der Waals surface area contributed by atoms with Gasteiger partial charge >= 0.3 is 0 Å². The molecule has 146 valence electrons. The number of aromatic nitrogens is 4. The largest absolute Gasteiger partial charge is 0.334 e. The zero-order chi connectivity index (χ0) is 19.5. The Balaban J connectivity index is 1.56. The molecule has 8 heteroatoms. The first kappa shape index (κ1) is 18.3. The smallest absolute Gasteiger partial charge is 0.258 e. The Morgan fingerprint density at radius 2 is 2.07 bits per heavy atom. The minimum Gasteiger partial charge on any atom is -0.334 e. The maximum absolute atomic E-state index is 13.1. The average molecular weight is 383 g/mol. The lowest BCUT2D eigenvalue weighted by molar-refractivity contribution is -0.133. The normalized spacial score (nSPS) is 17.5. The lowest BCUT2D eigenvalue weighted by Crippen LogP contribution is -2.36. The number of hydrogen-bond acceptors (Lipinski definition) is 5. The van der Waals surface area contributed by atoms with Crippen LogP contribution in [0.3, 0.4) is 0 Å². The van der Waals surface area contributed by atoms with Crippen molar-refractivity contribution >= 4 is 5.91 Å². The number of nitrogens with zero attached hydrogens (tertiary/aromatic N) is 5. The Morgan fingerprint density at radius 1 is 1.25 bits per heavy atom. The molecule has 1 aromatic carbocycles. The SMILES string of the molecule is Cn1cc(CC(=O)N2CCCCC[C@H]2c2noc(-c3ccc(F)cc3)n2)cn1. The first-order chi connectivity index (χ1) is 13.6. The standard InChI is InChI=1S/C20H22FN5O2/c1-25-13-14(12-22-25)11-18(27)26-10-4-2-3-5-17(26)19-23-20(28-24-19)15-6-8-16(21)9-7-15/h6-9,12-13,17H,2-5,10-11H2,1H3/t17-/m0/s1. The van der Waals surface area contributed by atoms with Gasteiger partial charge in [0.25, 0.3) is 5.89 Å². The second-order valence-corrected chi connectivity index (χ2v) is 7.12. The number of rotatable bonds is 4. The van der Waals surface area contributed by atoms with E-state index in [1.54, 1.807) is 23.0 Å². The molecule has 0 radical (unpaired) electrons. The lowest BCUT2D eigenvalue weighted by atomic mass is 10.1. The van der Waals surface area contributed by atoms with E-state index in [4.69, 9.17) is 4.52 Å². The van der Waals surface area contributed by atoms with E-state index in [1.807, 2.05) is 18.1 Å². The maximum atomic E-state index is 13.1. The van der Waals surface area contributed by atoms with Crippen LogP contribution in [-0.2, 0) is 18.3 Å². The second-order valence-electron chi connectivity index (χ2n) is 7.12. The van der Waals surface area contributed by atoms with Crippen molar-refractivity contribution in [3.8, 4) is 11.5 Å². The summed E-state index contributed by atoms with van der Waals surface area (Å²) in [7, 11) is 1.83. The second kappa shape index (κ2) is 7.92. The fourth-order valence-corrected chi connectivity index (χ4v) is 3.59. The summed E-state index contributed by atoms with van der Waals surface area (Å²) in [5, 5.41) is 8.27. The van der Waals surface area contributed by atoms with Crippen molar-refractivity contribution in [3.05, 3.63) is 53.9 Å². The Kier molecular flexibility index (Phi) is 5.18. The van der Waals surface area contributed by atoms with E-state index in [0.717, 1.165) is 31.2 Å². The molecule has 0 aliphatic carbocycles. The molecule has 3 heterocycles. The van der Waals surface area contributed by atoms with Crippen LogP contribution in [0.25, 0.3) is 11.5 Å². The highest BCUT2D eigenvalue weighted by atomic mass is 19.1. The monoisotopic (exact) mass is 383 g/mol. The van der Waals surface area contributed by atoms with Crippen LogP contribution in [0.2, 0.25) is 0 Å². The summed E-state index contributed by atoms with van der Waals surface area (Å²) in [5.74, 6) is 0.548. The minimum absolute atomic E-state index is 0.0352. The predicted molar refractivity (Wildman–Crippen MR) is 99.5 cm³/mol. The molecule has 0 N–H and O–H groups in total. The van der Waals surface area contributed by atoms with Gasteiger partial charge in [0, 0.05) is 25.4 Å². The molecule has 0 unspecified atom stereocenters. The van der Waals surface area contributed by atoms with Crippen molar-refractivity contribution in [1.82, 2.24) is 24.8 Å². The molecule has 1 fully saturated rings. The third kappa shape index (κ3) is 3.95. The summed E-state index contributed by atoms with van der Waals surface area (Å²) >= 11 is 0. The Bertz CT molecular complexity index is 950. The van der Waals surface area contributed by atoms with E-state index < -0.39 is 0 Å². The molecule has 0 spiro atoms. The fourth-order valence-electron chi connectivity index (χ4n) is 3.59. The van der Waals surface area contributed by atoms with Crippen molar-refractivity contribution in [1.29, 1.82) is 0 Å². The van der Waals surface area contributed by atoms with E-state index in [2.05, 4.69) is 15.2 Å². The molecule has 0 bridgehead atoms. The lowest BCUT2D eigenvalue weighted by Gasteiger charge is -2.27. The topological polar surface area (TPSA) is 77.0 Å². The van der Waals surface area contributed by atoms with Gasteiger partial charge in [-0.2, -0.15) is 10.1 Å². The van der Waals surface area contributed by atoms with Gasteiger partial charge in [-0.15, -0.1) is 0 Å². The first-order valence-electron chi connectivity index (χ1n) is 9.47. The molecule has 1 saturated heterocycles. The molecule has 1 amide bonds. The van der Waals surface area contributed by atoms with Gasteiger partial charge in [0.1, 0.15) is 5.82 Å². The van der Waals surface area contributed by atoms with Gasteiger partial charge in [-0.05, 0) is 42.7 Å². The molecule has 3 aromatic rings. The summed E-state index contributed by atoms with van der Waals surface area (Å²) in [6.07, 6.45) is 7.68. The zero-order valence-corrected chi connectivity index (χ0v) is 15.7. The van der Waals surface area contributed by atoms with E-state index in [9.17, 15) is 9.18 Å². The van der Waals surface area contributed by atoms with Crippen LogP contribution >= 0.6 is 0 Å². The molecule has 2 aromatic heterocycles. The van der Waals surface area contributed by atoms with Crippen LogP contribution in [0.5, 0.6) is 0 Å².